The largest absolute Gasteiger partial charge is 0.497 e. The summed E-state index contributed by atoms with van der Waals surface area (Å²) < 4.78 is 16.2. The molecule has 0 atom stereocenters. The minimum atomic E-state index is -0.116. The lowest BCUT2D eigenvalue weighted by Crippen LogP contribution is -2.30. The number of carbonyl (C=O) groups excluding carboxylic acids is 1. The van der Waals surface area contributed by atoms with Crippen molar-refractivity contribution in [2.24, 2.45) is 0 Å². The van der Waals surface area contributed by atoms with Crippen LogP contribution in [0.5, 0.6) is 11.5 Å². The van der Waals surface area contributed by atoms with Gasteiger partial charge in [-0.05, 0) is 42.0 Å². The third-order valence-corrected chi connectivity index (χ3v) is 4.93. The van der Waals surface area contributed by atoms with Crippen LogP contribution in [0.15, 0.2) is 83.4 Å². The van der Waals surface area contributed by atoms with Crippen LogP contribution in [0.2, 0.25) is 0 Å². The van der Waals surface area contributed by atoms with Crippen molar-refractivity contribution >= 4 is 5.91 Å². The quantitative estimate of drug-likeness (QED) is 0.412. The van der Waals surface area contributed by atoms with E-state index in [0.717, 1.165) is 22.4 Å². The van der Waals surface area contributed by atoms with Crippen LogP contribution < -0.4 is 9.47 Å². The van der Waals surface area contributed by atoms with E-state index in [1.54, 1.807) is 31.2 Å². The lowest BCUT2D eigenvalue weighted by Gasteiger charge is -2.18. The number of nitrogens with zero attached hydrogens (tertiary/aromatic N) is 3. The van der Waals surface area contributed by atoms with Gasteiger partial charge in [-0.1, -0.05) is 47.6 Å². The van der Waals surface area contributed by atoms with Crippen molar-refractivity contribution in [3.63, 3.8) is 0 Å². The molecule has 32 heavy (non-hydrogen) atoms. The van der Waals surface area contributed by atoms with E-state index in [4.69, 9.17) is 14.0 Å². The van der Waals surface area contributed by atoms with Gasteiger partial charge in [-0.25, -0.2) is 0 Å². The molecule has 0 aliphatic heterocycles. The van der Waals surface area contributed by atoms with Crippen LogP contribution in [0.4, 0.5) is 0 Å². The summed E-state index contributed by atoms with van der Waals surface area (Å²) in [5.41, 5.74) is 2.68. The van der Waals surface area contributed by atoms with Crippen molar-refractivity contribution < 1.29 is 18.8 Å². The number of benzene rings is 3. The second-order valence-corrected chi connectivity index (χ2v) is 7.20. The first-order chi connectivity index (χ1) is 15.6. The molecule has 0 saturated carbocycles. The molecule has 1 amide bonds. The molecule has 0 radical (unpaired) electrons. The second-order valence-electron chi connectivity index (χ2n) is 7.20. The fourth-order valence-corrected chi connectivity index (χ4v) is 3.09. The van der Waals surface area contributed by atoms with E-state index in [1.165, 1.54) is 0 Å². The summed E-state index contributed by atoms with van der Waals surface area (Å²) in [7, 11) is 3.37. The van der Waals surface area contributed by atoms with Gasteiger partial charge in [-0.2, -0.15) is 4.98 Å². The molecule has 0 aliphatic rings. The summed E-state index contributed by atoms with van der Waals surface area (Å²) in [6.07, 6.45) is 0. The molecule has 1 heterocycles. The fourth-order valence-electron chi connectivity index (χ4n) is 3.09. The average molecular weight is 429 g/mol. The van der Waals surface area contributed by atoms with Crippen molar-refractivity contribution in [3.05, 3.63) is 84.4 Å². The van der Waals surface area contributed by atoms with Gasteiger partial charge < -0.3 is 18.9 Å². The Morgan fingerprint density at radius 1 is 0.906 bits per heavy atom. The predicted molar refractivity (Wildman–Crippen MR) is 120 cm³/mol. The molecule has 162 valence electrons. The molecule has 7 nitrogen and oxygen atoms in total. The summed E-state index contributed by atoms with van der Waals surface area (Å²) in [6.45, 7) is 0.441. The maximum Gasteiger partial charge on any atom is 0.260 e. The first kappa shape index (κ1) is 21.1. The van der Waals surface area contributed by atoms with Gasteiger partial charge in [-0.3, -0.25) is 4.79 Å². The van der Waals surface area contributed by atoms with Gasteiger partial charge in [0.1, 0.15) is 11.5 Å². The highest BCUT2D eigenvalue weighted by molar-refractivity contribution is 5.77. The highest BCUT2D eigenvalue weighted by Gasteiger charge is 2.12. The number of rotatable bonds is 8. The van der Waals surface area contributed by atoms with E-state index in [0.29, 0.717) is 24.0 Å². The summed E-state index contributed by atoms with van der Waals surface area (Å²) in [5.74, 6) is 2.21. The van der Waals surface area contributed by atoms with E-state index in [1.807, 2.05) is 66.7 Å². The number of amides is 1. The normalized spacial score (nSPS) is 10.6. The van der Waals surface area contributed by atoms with Crippen molar-refractivity contribution in [1.29, 1.82) is 0 Å². The van der Waals surface area contributed by atoms with Crippen LogP contribution in [0.25, 0.3) is 22.8 Å². The third-order valence-electron chi connectivity index (χ3n) is 4.93. The standard InChI is InChI=1S/C25H23N3O4/c1-28(16-18-8-12-21(30-2)13-9-18)23(29)17-31-22-14-10-20(11-15-22)25-26-24(27-32-25)19-6-4-3-5-7-19/h3-15H,16-17H2,1-2H3. The topological polar surface area (TPSA) is 77.7 Å². The number of aromatic nitrogens is 2. The van der Waals surface area contributed by atoms with Crippen molar-refractivity contribution in [2.75, 3.05) is 20.8 Å². The number of hydrogen-bond donors (Lipinski definition) is 0. The first-order valence-corrected chi connectivity index (χ1v) is 10.1. The van der Waals surface area contributed by atoms with E-state index in [2.05, 4.69) is 10.1 Å². The Kier molecular flexibility index (Phi) is 6.46. The zero-order valence-corrected chi connectivity index (χ0v) is 17.9. The third kappa shape index (κ3) is 5.13. The van der Waals surface area contributed by atoms with Crippen LogP contribution in [0.1, 0.15) is 5.56 Å². The SMILES string of the molecule is COc1ccc(CN(C)C(=O)COc2ccc(-c3nc(-c4ccccc4)no3)cc2)cc1. The van der Waals surface area contributed by atoms with Crippen LogP contribution >= 0.6 is 0 Å². The minimum absolute atomic E-state index is 0.0509. The Balaban J connectivity index is 1.31. The van der Waals surface area contributed by atoms with Crippen molar-refractivity contribution in [3.8, 4) is 34.3 Å². The van der Waals surface area contributed by atoms with E-state index in [-0.39, 0.29) is 12.5 Å². The maximum absolute atomic E-state index is 12.4. The lowest BCUT2D eigenvalue weighted by molar-refractivity contribution is -0.132. The summed E-state index contributed by atoms with van der Waals surface area (Å²) in [5, 5.41) is 4.03. The lowest BCUT2D eigenvalue weighted by atomic mass is 10.2. The second kappa shape index (κ2) is 9.78. The summed E-state index contributed by atoms with van der Waals surface area (Å²) >= 11 is 0. The van der Waals surface area contributed by atoms with Gasteiger partial charge >= 0.3 is 0 Å². The Labute approximate surface area is 186 Å². The molecule has 7 heteroatoms. The average Bonchev–Trinajstić information content (AvgIpc) is 3.34. The van der Waals surface area contributed by atoms with Crippen LogP contribution in [-0.2, 0) is 11.3 Å². The van der Waals surface area contributed by atoms with E-state index < -0.39 is 0 Å². The highest BCUT2D eigenvalue weighted by Crippen LogP contribution is 2.24. The zero-order chi connectivity index (χ0) is 22.3. The Morgan fingerprint density at radius 3 is 2.28 bits per heavy atom. The molecule has 0 bridgehead atoms. The molecular formula is C25H23N3O4. The number of likely N-dealkylation sites (N-methyl/N-ethyl adjacent to an activating group) is 1. The van der Waals surface area contributed by atoms with Gasteiger partial charge in [0.15, 0.2) is 6.61 Å². The van der Waals surface area contributed by atoms with Gasteiger partial charge in [0.2, 0.25) is 5.82 Å². The van der Waals surface area contributed by atoms with Gasteiger partial charge in [0.05, 0.1) is 7.11 Å². The molecule has 0 N–H and O–H groups in total. The molecule has 4 aromatic rings. The zero-order valence-electron chi connectivity index (χ0n) is 17.9. The molecule has 4 rings (SSSR count). The van der Waals surface area contributed by atoms with E-state index >= 15 is 0 Å². The molecular weight excluding hydrogens is 406 g/mol. The number of methoxy groups -OCH3 is 1. The molecule has 0 fully saturated rings. The number of ether oxygens (including phenoxy) is 2. The Hall–Kier alpha value is -4.13. The highest BCUT2D eigenvalue weighted by atomic mass is 16.5. The van der Waals surface area contributed by atoms with Crippen LogP contribution in [-0.4, -0.2) is 41.7 Å². The van der Waals surface area contributed by atoms with Gasteiger partial charge in [0.25, 0.3) is 11.8 Å². The molecule has 0 saturated heterocycles. The smallest absolute Gasteiger partial charge is 0.260 e. The van der Waals surface area contributed by atoms with Crippen LogP contribution in [0.3, 0.4) is 0 Å². The number of hydrogen-bond acceptors (Lipinski definition) is 6. The maximum atomic E-state index is 12.4. The molecule has 0 unspecified atom stereocenters. The van der Waals surface area contributed by atoms with E-state index in [9.17, 15) is 4.79 Å². The molecule has 0 aliphatic carbocycles. The molecule has 1 aromatic heterocycles. The fraction of sp³-hybridized carbons (Fsp3) is 0.160. The number of carbonyl (C=O) groups is 1. The minimum Gasteiger partial charge on any atom is -0.497 e. The van der Waals surface area contributed by atoms with Crippen LogP contribution in [0, 0.1) is 0 Å². The van der Waals surface area contributed by atoms with Crippen molar-refractivity contribution in [1.82, 2.24) is 15.0 Å². The Bertz CT molecular complexity index is 1160. The Morgan fingerprint density at radius 2 is 1.59 bits per heavy atom. The predicted octanol–water partition coefficient (Wildman–Crippen LogP) is 4.45. The first-order valence-electron chi connectivity index (χ1n) is 10.1. The molecule has 0 spiro atoms. The summed E-state index contributed by atoms with van der Waals surface area (Å²) in [6, 6.07) is 24.4. The monoisotopic (exact) mass is 429 g/mol. The van der Waals surface area contributed by atoms with Crippen molar-refractivity contribution in [2.45, 2.75) is 6.54 Å². The van der Waals surface area contributed by atoms with Gasteiger partial charge in [0, 0.05) is 24.7 Å². The summed E-state index contributed by atoms with van der Waals surface area (Å²) in [4.78, 5) is 18.5. The molecule has 3 aromatic carbocycles. The van der Waals surface area contributed by atoms with Gasteiger partial charge in [-0.15, -0.1) is 0 Å².